The minimum absolute atomic E-state index is 0.128. The van der Waals surface area contributed by atoms with Crippen LogP contribution in [0.15, 0.2) is 12.3 Å². The Morgan fingerprint density at radius 3 is 2.71 bits per heavy atom. The standard InChI is InChI=1S/C12H17F2N3/c13-10-8-11(14)12(16-9-10)15-4-7-17-5-2-1-3-6-17/h8-9H,1-7H2,(H,15,16). The van der Waals surface area contributed by atoms with Crippen molar-refractivity contribution >= 4 is 5.82 Å². The first-order valence-corrected chi connectivity index (χ1v) is 6.03. The van der Waals surface area contributed by atoms with Gasteiger partial charge in [0.1, 0.15) is 5.82 Å². The summed E-state index contributed by atoms with van der Waals surface area (Å²) in [6, 6.07) is 0.843. The molecular formula is C12H17F2N3. The van der Waals surface area contributed by atoms with Gasteiger partial charge in [-0.2, -0.15) is 0 Å². The Bertz CT molecular complexity index is 365. The van der Waals surface area contributed by atoms with Crippen molar-refractivity contribution in [3.63, 3.8) is 0 Å². The largest absolute Gasteiger partial charge is 0.366 e. The number of anilines is 1. The lowest BCUT2D eigenvalue weighted by Crippen LogP contribution is -2.33. The van der Waals surface area contributed by atoms with Crippen molar-refractivity contribution in [1.82, 2.24) is 9.88 Å². The van der Waals surface area contributed by atoms with Crippen molar-refractivity contribution in [2.24, 2.45) is 0 Å². The molecule has 1 fully saturated rings. The van der Waals surface area contributed by atoms with E-state index in [0.717, 1.165) is 31.9 Å². The average molecular weight is 241 g/mol. The van der Waals surface area contributed by atoms with Gasteiger partial charge in [-0.25, -0.2) is 13.8 Å². The molecule has 1 aliphatic heterocycles. The molecule has 3 nitrogen and oxygen atoms in total. The van der Waals surface area contributed by atoms with Gasteiger partial charge in [-0.1, -0.05) is 6.42 Å². The second-order valence-electron chi connectivity index (χ2n) is 4.31. The fourth-order valence-electron chi connectivity index (χ4n) is 2.06. The van der Waals surface area contributed by atoms with Crippen LogP contribution in [0.3, 0.4) is 0 Å². The SMILES string of the molecule is Fc1cnc(NCCN2CCCCC2)c(F)c1. The summed E-state index contributed by atoms with van der Waals surface area (Å²) in [5.74, 6) is -1.16. The van der Waals surface area contributed by atoms with E-state index in [0.29, 0.717) is 6.54 Å². The summed E-state index contributed by atoms with van der Waals surface area (Å²) in [4.78, 5) is 6.03. The third-order valence-electron chi connectivity index (χ3n) is 2.98. The monoisotopic (exact) mass is 241 g/mol. The van der Waals surface area contributed by atoms with Gasteiger partial charge in [0, 0.05) is 19.2 Å². The summed E-state index contributed by atoms with van der Waals surface area (Å²) >= 11 is 0. The molecule has 1 aromatic rings. The predicted octanol–water partition coefficient (Wildman–Crippen LogP) is 2.26. The zero-order valence-corrected chi connectivity index (χ0v) is 9.75. The van der Waals surface area contributed by atoms with Crippen LogP contribution in [0.2, 0.25) is 0 Å². The van der Waals surface area contributed by atoms with Crippen LogP contribution < -0.4 is 5.32 Å². The molecule has 0 aromatic carbocycles. The van der Waals surface area contributed by atoms with Gasteiger partial charge in [0.25, 0.3) is 0 Å². The van der Waals surface area contributed by atoms with Gasteiger partial charge < -0.3 is 10.2 Å². The normalized spacial score (nSPS) is 17.1. The molecule has 5 heteroatoms. The average Bonchev–Trinajstić information content (AvgIpc) is 2.33. The van der Waals surface area contributed by atoms with Crippen molar-refractivity contribution in [3.05, 3.63) is 23.9 Å². The Labute approximate surface area is 99.8 Å². The number of halogens is 2. The van der Waals surface area contributed by atoms with Crippen LogP contribution in [0, 0.1) is 11.6 Å². The maximum Gasteiger partial charge on any atom is 0.168 e. The zero-order chi connectivity index (χ0) is 12.1. The van der Waals surface area contributed by atoms with E-state index in [4.69, 9.17) is 0 Å². The maximum absolute atomic E-state index is 13.2. The zero-order valence-electron chi connectivity index (χ0n) is 9.75. The first kappa shape index (κ1) is 12.2. The van der Waals surface area contributed by atoms with Gasteiger partial charge in [-0.3, -0.25) is 0 Å². The summed E-state index contributed by atoms with van der Waals surface area (Å²) in [7, 11) is 0. The molecule has 1 aliphatic rings. The number of rotatable bonds is 4. The van der Waals surface area contributed by atoms with E-state index >= 15 is 0 Å². The van der Waals surface area contributed by atoms with E-state index in [1.54, 1.807) is 0 Å². The number of nitrogens with one attached hydrogen (secondary N) is 1. The fraction of sp³-hybridized carbons (Fsp3) is 0.583. The maximum atomic E-state index is 13.2. The van der Waals surface area contributed by atoms with Crippen molar-refractivity contribution in [1.29, 1.82) is 0 Å². The van der Waals surface area contributed by atoms with Crippen molar-refractivity contribution in [3.8, 4) is 0 Å². The van der Waals surface area contributed by atoms with Crippen molar-refractivity contribution in [2.75, 3.05) is 31.5 Å². The van der Waals surface area contributed by atoms with Gasteiger partial charge in [-0.05, 0) is 25.9 Å². The number of piperidine rings is 1. The number of hydrogen-bond donors (Lipinski definition) is 1. The van der Waals surface area contributed by atoms with E-state index in [1.807, 2.05) is 0 Å². The highest BCUT2D eigenvalue weighted by molar-refractivity contribution is 5.35. The van der Waals surface area contributed by atoms with E-state index in [2.05, 4.69) is 15.2 Å². The molecule has 1 saturated heterocycles. The molecule has 0 radical (unpaired) electrons. The number of likely N-dealkylation sites (tertiary alicyclic amines) is 1. The van der Waals surface area contributed by atoms with Gasteiger partial charge in [0.2, 0.25) is 0 Å². The molecule has 0 saturated carbocycles. The minimum Gasteiger partial charge on any atom is -0.366 e. The molecule has 0 amide bonds. The summed E-state index contributed by atoms with van der Waals surface area (Å²) in [6.45, 7) is 3.73. The Morgan fingerprint density at radius 1 is 1.24 bits per heavy atom. The Morgan fingerprint density at radius 2 is 2.00 bits per heavy atom. The van der Waals surface area contributed by atoms with Crippen LogP contribution in [0.5, 0.6) is 0 Å². The van der Waals surface area contributed by atoms with E-state index in [9.17, 15) is 8.78 Å². The minimum atomic E-state index is -0.649. The molecule has 0 bridgehead atoms. The second kappa shape index (κ2) is 5.91. The summed E-state index contributed by atoms with van der Waals surface area (Å²) in [6.07, 6.45) is 4.80. The smallest absolute Gasteiger partial charge is 0.168 e. The molecule has 1 N–H and O–H groups in total. The van der Waals surface area contributed by atoms with Gasteiger partial charge in [0.05, 0.1) is 6.20 Å². The molecule has 0 unspecified atom stereocenters. The topological polar surface area (TPSA) is 28.2 Å². The number of nitrogens with zero attached hydrogens (tertiary/aromatic N) is 2. The van der Waals surface area contributed by atoms with Gasteiger partial charge in [0.15, 0.2) is 11.6 Å². The van der Waals surface area contributed by atoms with Crippen LogP contribution in [0.4, 0.5) is 14.6 Å². The summed E-state index contributed by atoms with van der Waals surface area (Å²) < 4.78 is 25.9. The lowest BCUT2D eigenvalue weighted by Gasteiger charge is -2.26. The van der Waals surface area contributed by atoms with Crippen molar-refractivity contribution < 1.29 is 8.78 Å². The Hall–Kier alpha value is -1.23. The van der Waals surface area contributed by atoms with E-state index in [1.165, 1.54) is 19.3 Å². The van der Waals surface area contributed by atoms with Crippen molar-refractivity contribution in [2.45, 2.75) is 19.3 Å². The lowest BCUT2D eigenvalue weighted by atomic mass is 10.1. The second-order valence-corrected chi connectivity index (χ2v) is 4.31. The molecule has 0 spiro atoms. The molecular weight excluding hydrogens is 224 g/mol. The van der Waals surface area contributed by atoms with Gasteiger partial charge >= 0.3 is 0 Å². The highest BCUT2D eigenvalue weighted by atomic mass is 19.1. The van der Waals surface area contributed by atoms with Crippen LogP contribution in [0.25, 0.3) is 0 Å². The van der Waals surface area contributed by atoms with E-state index in [-0.39, 0.29) is 5.82 Å². The Kier molecular flexibility index (Phi) is 4.25. The van der Waals surface area contributed by atoms with Crippen LogP contribution >= 0.6 is 0 Å². The molecule has 2 heterocycles. The van der Waals surface area contributed by atoms with Crippen LogP contribution in [-0.2, 0) is 0 Å². The first-order chi connectivity index (χ1) is 8.25. The lowest BCUT2D eigenvalue weighted by molar-refractivity contribution is 0.237. The van der Waals surface area contributed by atoms with E-state index < -0.39 is 11.6 Å². The first-order valence-electron chi connectivity index (χ1n) is 6.03. The van der Waals surface area contributed by atoms with Gasteiger partial charge in [-0.15, -0.1) is 0 Å². The number of aromatic nitrogens is 1. The van der Waals surface area contributed by atoms with Crippen LogP contribution in [0.1, 0.15) is 19.3 Å². The molecule has 1 aromatic heterocycles. The van der Waals surface area contributed by atoms with Crippen LogP contribution in [-0.4, -0.2) is 36.1 Å². The fourth-order valence-corrected chi connectivity index (χ4v) is 2.06. The molecule has 0 atom stereocenters. The number of pyridine rings is 1. The number of hydrogen-bond acceptors (Lipinski definition) is 3. The highest BCUT2D eigenvalue weighted by Gasteiger charge is 2.10. The third kappa shape index (κ3) is 3.63. The molecule has 17 heavy (non-hydrogen) atoms. The quantitative estimate of drug-likeness (QED) is 0.876. The molecule has 94 valence electrons. The summed E-state index contributed by atoms with van der Waals surface area (Å²) in [5, 5.41) is 2.89. The molecule has 0 aliphatic carbocycles. The third-order valence-corrected chi connectivity index (χ3v) is 2.98. The Balaban J connectivity index is 1.77. The summed E-state index contributed by atoms with van der Waals surface area (Å²) in [5.41, 5.74) is 0. The molecule has 2 rings (SSSR count). The highest BCUT2D eigenvalue weighted by Crippen LogP contribution is 2.11. The predicted molar refractivity (Wildman–Crippen MR) is 62.9 cm³/mol.